The maximum Gasteiger partial charge on any atom is 1.00 e. The molecule has 0 aromatic carbocycles. The smallest absolute Gasteiger partial charge is 0.342 e. The van der Waals surface area contributed by atoms with Gasteiger partial charge in [-0.2, -0.15) is 6.42 Å². The zero-order valence-corrected chi connectivity index (χ0v) is 4.44. The SMILES string of the molecule is C#CCC[CH2-].[Cu+]. The molecule has 0 spiro atoms. The van der Waals surface area contributed by atoms with Crippen LogP contribution in [0.2, 0.25) is 0 Å². The van der Waals surface area contributed by atoms with Gasteiger partial charge in [-0.05, 0) is 6.42 Å². The van der Waals surface area contributed by atoms with E-state index in [2.05, 4.69) is 12.8 Å². The van der Waals surface area contributed by atoms with Gasteiger partial charge >= 0.3 is 17.1 Å². The first kappa shape index (κ1) is 9.43. The zero-order chi connectivity index (χ0) is 4.12. The van der Waals surface area contributed by atoms with Crippen LogP contribution in [0, 0.1) is 19.3 Å². The third-order valence-corrected chi connectivity index (χ3v) is 0.321. The third-order valence-electron chi connectivity index (χ3n) is 0.321. The van der Waals surface area contributed by atoms with Gasteiger partial charge in [0.05, 0.1) is 0 Å². The van der Waals surface area contributed by atoms with Crippen LogP contribution in [0.3, 0.4) is 0 Å². The summed E-state index contributed by atoms with van der Waals surface area (Å²) in [6.45, 7) is 3.53. The molecule has 1 heteroatoms. The Morgan fingerprint density at radius 2 is 2.17 bits per heavy atom. The van der Waals surface area contributed by atoms with Crippen LogP contribution in [-0.4, -0.2) is 0 Å². The van der Waals surface area contributed by atoms with Gasteiger partial charge in [-0.3, -0.25) is 0 Å². The van der Waals surface area contributed by atoms with Crippen molar-refractivity contribution in [1.29, 1.82) is 0 Å². The molecule has 0 N–H and O–H groups in total. The third kappa shape index (κ3) is 8.95. The predicted octanol–water partition coefficient (Wildman–Crippen LogP) is 1.23. The molecule has 0 aliphatic carbocycles. The molecule has 0 aromatic heterocycles. The van der Waals surface area contributed by atoms with Crippen LogP contribution in [0.4, 0.5) is 0 Å². The van der Waals surface area contributed by atoms with Crippen molar-refractivity contribution in [2.24, 2.45) is 0 Å². The second-order valence-corrected chi connectivity index (χ2v) is 0.808. The normalized spacial score (nSPS) is 5.33. The minimum atomic E-state index is 0. The van der Waals surface area contributed by atoms with E-state index in [1.807, 2.05) is 0 Å². The van der Waals surface area contributed by atoms with Crippen molar-refractivity contribution in [2.45, 2.75) is 12.8 Å². The molecule has 0 saturated carbocycles. The topological polar surface area (TPSA) is 0 Å². The average molecular weight is 131 g/mol. The maximum atomic E-state index is 4.85. The second-order valence-electron chi connectivity index (χ2n) is 0.808. The number of unbranched alkanes of at least 4 members (excludes halogenated alkanes) is 1. The van der Waals surface area contributed by atoms with E-state index < -0.39 is 0 Å². The Bertz CT molecular complexity index is 42.4. The van der Waals surface area contributed by atoms with E-state index in [9.17, 15) is 0 Å². The molecule has 0 aliphatic heterocycles. The molecule has 0 aliphatic rings. The fourth-order valence-corrected chi connectivity index (χ4v) is 0.102. The van der Waals surface area contributed by atoms with Crippen molar-refractivity contribution in [3.05, 3.63) is 6.92 Å². The van der Waals surface area contributed by atoms with Gasteiger partial charge in [-0.15, -0.1) is 12.3 Å². The van der Waals surface area contributed by atoms with Crippen LogP contribution >= 0.6 is 0 Å². The minimum absolute atomic E-state index is 0. The monoisotopic (exact) mass is 130 g/mol. The number of hydrogen-bond donors (Lipinski definition) is 0. The van der Waals surface area contributed by atoms with Crippen molar-refractivity contribution in [1.82, 2.24) is 0 Å². The largest absolute Gasteiger partial charge is 1.00 e. The first-order chi connectivity index (χ1) is 2.41. The number of rotatable bonds is 1. The van der Waals surface area contributed by atoms with Gasteiger partial charge in [0, 0.05) is 0 Å². The van der Waals surface area contributed by atoms with Crippen molar-refractivity contribution < 1.29 is 17.1 Å². The Hall–Kier alpha value is 0.0795. The van der Waals surface area contributed by atoms with Crippen LogP contribution in [0.1, 0.15) is 12.8 Å². The van der Waals surface area contributed by atoms with Crippen molar-refractivity contribution in [3.63, 3.8) is 0 Å². The van der Waals surface area contributed by atoms with E-state index in [1.165, 1.54) is 0 Å². The van der Waals surface area contributed by atoms with Crippen molar-refractivity contribution >= 4 is 0 Å². The van der Waals surface area contributed by atoms with Crippen LogP contribution in [0.15, 0.2) is 0 Å². The van der Waals surface area contributed by atoms with E-state index in [0.717, 1.165) is 12.8 Å². The summed E-state index contributed by atoms with van der Waals surface area (Å²) in [7, 11) is 0. The van der Waals surface area contributed by atoms with Gasteiger partial charge in [0.15, 0.2) is 0 Å². The van der Waals surface area contributed by atoms with E-state index in [4.69, 9.17) is 6.42 Å². The Labute approximate surface area is 49.8 Å². The molecule has 0 atom stereocenters. The maximum absolute atomic E-state index is 4.85. The molecule has 0 saturated heterocycles. The molecular weight excluding hydrogens is 124 g/mol. The molecule has 6 heavy (non-hydrogen) atoms. The number of terminal acetylenes is 1. The molecule has 38 valence electrons. The van der Waals surface area contributed by atoms with Crippen LogP contribution in [0.25, 0.3) is 0 Å². The van der Waals surface area contributed by atoms with Gasteiger partial charge in [0.1, 0.15) is 0 Å². The fourth-order valence-electron chi connectivity index (χ4n) is 0.102. The van der Waals surface area contributed by atoms with E-state index in [-0.39, 0.29) is 17.1 Å². The van der Waals surface area contributed by atoms with Gasteiger partial charge in [-0.25, -0.2) is 0 Å². The molecule has 0 unspecified atom stereocenters. The standard InChI is InChI=1S/C5H7.Cu/c1-3-5-4-2;/h1H,2,4-5H2;/q-1;+1. The van der Waals surface area contributed by atoms with E-state index in [0.29, 0.717) is 0 Å². The molecule has 0 amide bonds. The Morgan fingerprint density at radius 3 is 2.17 bits per heavy atom. The first-order valence-corrected chi connectivity index (χ1v) is 1.64. The minimum Gasteiger partial charge on any atom is -0.342 e. The molecule has 0 fully saturated rings. The summed E-state index contributed by atoms with van der Waals surface area (Å²) in [5, 5.41) is 0. The van der Waals surface area contributed by atoms with Gasteiger partial charge in [0.25, 0.3) is 0 Å². The summed E-state index contributed by atoms with van der Waals surface area (Å²) in [5.74, 6) is 2.45. The summed E-state index contributed by atoms with van der Waals surface area (Å²) in [6.07, 6.45) is 6.51. The molecule has 0 bridgehead atoms. The van der Waals surface area contributed by atoms with Crippen LogP contribution in [0.5, 0.6) is 0 Å². The number of hydrogen-bond acceptors (Lipinski definition) is 0. The van der Waals surface area contributed by atoms with E-state index >= 15 is 0 Å². The summed E-state index contributed by atoms with van der Waals surface area (Å²) in [4.78, 5) is 0. The Kier molecular flexibility index (Phi) is 14.0. The van der Waals surface area contributed by atoms with Crippen LogP contribution in [-0.2, 0) is 17.1 Å². The summed E-state index contributed by atoms with van der Waals surface area (Å²) < 4.78 is 0. The van der Waals surface area contributed by atoms with E-state index in [1.54, 1.807) is 0 Å². The molecule has 0 nitrogen and oxygen atoms in total. The molecule has 0 rings (SSSR count). The predicted molar refractivity (Wildman–Crippen MR) is 23.4 cm³/mol. The summed E-state index contributed by atoms with van der Waals surface area (Å²) >= 11 is 0. The van der Waals surface area contributed by atoms with Gasteiger partial charge in [0.2, 0.25) is 0 Å². The van der Waals surface area contributed by atoms with Crippen molar-refractivity contribution in [2.75, 3.05) is 0 Å². The second kappa shape index (κ2) is 8.91. The Morgan fingerprint density at radius 1 is 1.67 bits per heavy atom. The van der Waals surface area contributed by atoms with Crippen LogP contribution < -0.4 is 0 Å². The van der Waals surface area contributed by atoms with Gasteiger partial charge in [-0.1, -0.05) is 0 Å². The van der Waals surface area contributed by atoms with Crippen molar-refractivity contribution in [3.8, 4) is 12.3 Å². The first-order valence-electron chi connectivity index (χ1n) is 1.64. The molecule has 0 radical (unpaired) electrons. The Balaban J connectivity index is 0. The van der Waals surface area contributed by atoms with Gasteiger partial charge < -0.3 is 6.92 Å². The fraction of sp³-hybridized carbons (Fsp3) is 0.400. The summed E-state index contributed by atoms with van der Waals surface area (Å²) in [6, 6.07) is 0. The quantitative estimate of drug-likeness (QED) is 0.285. The summed E-state index contributed by atoms with van der Waals surface area (Å²) in [5.41, 5.74) is 0. The zero-order valence-electron chi connectivity index (χ0n) is 3.50. The molecular formula is C5H7Cu. The molecule has 0 heterocycles. The average Bonchev–Trinajstić information content (AvgIpc) is 1.41. The molecule has 0 aromatic rings.